The van der Waals surface area contributed by atoms with Crippen molar-refractivity contribution in [3.05, 3.63) is 29.1 Å². The standard InChI is InChI=1S/C13H18FNO3/c1-16-8-10-11(17-2)4-3-9(13(10)14)12-7-15-5-6-18-12/h3-4,12,15H,5-8H2,1-2H3. The van der Waals surface area contributed by atoms with Crippen molar-refractivity contribution in [1.29, 1.82) is 0 Å². The molecule has 1 saturated heterocycles. The molecule has 1 aromatic rings. The molecule has 18 heavy (non-hydrogen) atoms. The fourth-order valence-electron chi connectivity index (χ4n) is 2.11. The number of benzene rings is 1. The highest BCUT2D eigenvalue weighted by Gasteiger charge is 2.23. The molecule has 1 unspecified atom stereocenters. The third kappa shape index (κ3) is 2.63. The van der Waals surface area contributed by atoms with E-state index >= 15 is 0 Å². The van der Waals surface area contributed by atoms with Gasteiger partial charge in [-0.15, -0.1) is 0 Å². The molecule has 1 aliphatic heterocycles. The second-order valence-electron chi connectivity index (χ2n) is 4.15. The molecule has 0 aliphatic carbocycles. The highest BCUT2D eigenvalue weighted by Crippen LogP contribution is 2.30. The summed E-state index contributed by atoms with van der Waals surface area (Å²) < 4.78 is 30.2. The summed E-state index contributed by atoms with van der Waals surface area (Å²) in [7, 11) is 3.05. The van der Waals surface area contributed by atoms with Gasteiger partial charge in [-0.2, -0.15) is 0 Å². The van der Waals surface area contributed by atoms with E-state index in [2.05, 4.69) is 5.32 Å². The van der Waals surface area contributed by atoms with Gasteiger partial charge in [0.2, 0.25) is 0 Å². The predicted molar refractivity (Wildman–Crippen MR) is 65.2 cm³/mol. The van der Waals surface area contributed by atoms with Gasteiger partial charge < -0.3 is 19.5 Å². The van der Waals surface area contributed by atoms with Crippen molar-refractivity contribution < 1.29 is 18.6 Å². The Balaban J connectivity index is 2.33. The lowest BCUT2D eigenvalue weighted by atomic mass is 10.0. The van der Waals surface area contributed by atoms with Crippen LogP contribution >= 0.6 is 0 Å². The third-order valence-electron chi connectivity index (χ3n) is 3.01. The molecule has 100 valence electrons. The van der Waals surface area contributed by atoms with Crippen LogP contribution in [0.1, 0.15) is 17.2 Å². The van der Waals surface area contributed by atoms with E-state index in [0.29, 0.717) is 30.0 Å². The highest BCUT2D eigenvalue weighted by molar-refractivity contribution is 5.39. The van der Waals surface area contributed by atoms with Gasteiger partial charge in [0.15, 0.2) is 0 Å². The molecular weight excluding hydrogens is 237 g/mol. The van der Waals surface area contributed by atoms with E-state index in [0.717, 1.165) is 6.54 Å². The van der Waals surface area contributed by atoms with Crippen LogP contribution in [0.5, 0.6) is 5.75 Å². The van der Waals surface area contributed by atoms with E-state index in [1.807, 2.05) is 0 Å². The van der Waals surface area contributed by atoms with Crippen molar-refractivity contribution >= 4 is 0 Å². The number of hydrogen-bond acceptors (Lipinski definition) is 4. The van der Waals surface area contributed by atoms with E-state index in [4.69, 9.17) is 14.2 Å². The van der Waals surface area contributed by atoms with Crippen LogP contribution in [0.3, 0.4) is 0 Å². The van der Waals surface area contributed by atoms with Crippen LogP contribution in [-0.2, 0) is 16.1 Å². The summed E-state index contributed by atoms with van der Waals surface area (Å²) >= 11 is 0. The number of nitrogens with one attached hydrogen (secondary N) is 1. The molecule has 0 saturated carbocycles. The largest absolute Gasteiger partial charge is 0.496 e. The third-order valence-corrected chi connectivity index (χ3v) is 3.01. The van der Waals surface area contributed by atoms with Crippen LogP contribution in [0.4, 0.5) is 4.39 Å². The first-order valence-electron chi connectivity index (χ1n) is 5.94. The monoisotopic (exact) mass is 255 g/mol. The number of rotatable bonds is 4. The predicted octanol–water partition coefficient (Wildman–Crippen LogP) is 1.64. The lowest BCUT2D eigenvalue weighted by Crippen LogP contribution is -2.33. The number of halogens is 1. The summed E-state index contributed by atoms with van der Waals surface area (Å²) in [6.07, 6.45) is -0.250. The Bertz CT molecular complexity index is 405. The number of morpholine rings is 1. The van der Waals surface area contributed by atoms with E-state index in [9.17, 15) is 4.39 Å². The summed E-state index contributed by atoms with van der Waals surface area (Å²) in [6, 6.07) is 3.47. The van der Waals surface area contributed by atoms with Crippen LogP contribution in [-0.4, -0.2) is 33.9 Å². The Morgan fingerprint density at radius 2 is 2.28 bits per heavy atom. The maximum absolute atomic E-state index is 14.4. The van der Waals surface area contributed by atoms with Crippen LogP contribution in [0.25, 0.3) is 0 Å². The molecule has 1 heterocycles. The van der Waals surface area contributed by atoms with Crippen LogP contribution in [0.2, 0.25) is 0 Å². The maximum Gasteiger partial charge on any atom is 0.138 e. The van der Waals surface area contributed by atoms with Crippen molar-refractivity contribution in [3.63, 3.8) is 0 Å². The Morgan fingerprint density at radius 3 is 2.89 bits per heavy atom. The molecule has 5 heteroatoms. The molecule has 0 radical (unpaired) electrons. The fraction of sp³-hybridized carbons (Fsp3) is 0.538. The first-order chi connectivity index (χ1) is 8.77. The minimum atomic E-state index is -0.301. The maximum atomic E-state index is 14.4. The van der Waals surface area contributed by atoms with E-state index in [1.165, 1.54) is 14.2 Å². The van der Waals surface area contributed by atoms with Gasteiger partial charge in [0.1, 0.15) is 11.6 Å². The van der Waals surface area contributed by atoms with Gasteiger partial charge in [0.25, 0.3) is 0 Å². The lowest BCUT2D eigenvalue weighted by Gasteiger charge is -2.25. The SMILES string of the molecule is COCc1c(OC)ccc(C2CNCCO2)c1F. The quantitative estimate of drug-likeness (QED) is 0.888. The Hall–Kier alpha value is -1.17. The van der Waals surface area contributed by atoms with Crippen LogP contribution in [0, 0.1) is 5.82 Å². The number of methoxy groups -OCH3 is 2. The normalized spacial score (nSPS) is 19.8. The summed E-state index contributed by atoms with van der Waals surface area (Å²) in [6.45, 7) is 2.20. The number of ether oxygens (including phenoxy) is 3. The number of hydrogen-bond donors (Lipinski definition) is 1. The molecule has 0 aromatic heterocycles. The lowest BCUT2D eigenvalue weighted by molar-refractivity contribution is 0.0252. The zero-order valence-corrected chi connectivity index (χ0v) is 10.7. The molecule has 1 N–H and O–H groups in total. The van der Waals surface area contributed by atoms with Crippen molar-refractivity contribution in [2.45, 2.75) is 12.7 Å². The molecule has 0 bridgehead atoms. The van der Waals surface area contributed by atoms with Gasteiger partial charge in [-0.25, -0.2) is 4.39 Å². The van der Waals surface area contributed by atoms with Crippen LogP contribution in [0.15, 0.2) is 12.1 Å². The average molecular weight is 255 g/mol. The van der Waals surface area contributed by atoms with Crippen LogP contribution < -0.4 is 10.1 Å². The van der Waals surface area contributed by atoms with Gasteiger partial charge in [0.05, 0.1) is 32.0 Å². The van der Waals surface area contributed by atoms with Crippen molar-refractivity contribution in [1.82, 2.24) is 5.32 Å². The molecule has 1 fully saturated rings. The molecule has 1 aliphatic rings. The Morgan fingerprint density at radius 1 is 1.44 bits per heavy atom. The summed E-state index contributed by atoms with van der Waals surface area (Å²) in [5, 5.41) is 3.19. The van der Waals surface area contributed by atoms with Gasteiger partial charge in [-0.05, 0) is 12.1 Å². The molecular formula is C13H18FNO3. The smallest absolute Gasteiger partial charge is 0.138 e. The van der Waals surface area contributed by atoms with Gasteiger partial charge in [-0.1, -0.05) is 0 Å². The summed E-state index contributed by atoms with van der Waals surface area (Å²) in [5.41, 5.74) is 0.988. The topological polar surface area (TPSA) is 39.7 Å². The Kier molecular flexibility index (Phi) is 4.52. The van der Waals surface area contributed by atoms with Gasteiger partial charge in [0, 0.05) is 25.8 Å². The van der Waals surface area contributed by atoms with Crippen molar-refractivity contribution in [2.24, 2.45) is 0 Å². The molecule has 2 rings (SSSR count). The molecule has 1 atom stereocenters. The summed E-state index contributed by atoms with van der Waals surface area (Å²) in [4.78, 5) is 0. The molecule has 0 spiro atoms. The van der Waals surface area contributed by atoms with Gasteiger partial charge >= 0.3 is 0 Å². The van der Waals surface area contributed by atoms with E-state index in [1.54, 1.807) is 12.1 Å². The van der Waals surface area contributed by atoms with E-state index in [-0.39, 0.29) is 18.5 Å². The zero-order valence-electron chi connectivity index (χ0n) is 10.7. The van der Waals surface area contributed by atoms with E-state index < -0.39 is 0 Å². The minimum Gasteiger partial charge on any atom is -0.496 e. The van der Waals surface area contributed by atoms with Crippen molar-refractivity contribution in [2.75, 3.05) is 33.9 Å². The average Bonchev–Trinajstić information content (AvgIpc) is 2.42. The first kappa shape index (κ1) is 13.3. The molecule has 1 aromatic carbocycles. The molecule has 4 nitrogen and oxygen atoms in total. The Labute approximate surface area is 106 Å². The zero-order chi connectivity index (χ0) is 13.0. The summed E-state index contributed by atoms with van der Waals surface area (Å²) in [5.74, 6) is 0.201. The van der Waals surface area contributed by atoms with Crippen molar-refractivity contribution in [3.8, 4) is 5.75 Å². The fourth-order valence-corrected chi connectivity index (χ4v) is 2.11. The highest BCUT2D eigenvalue weighted by atomic mass is 19.1. The second-order valence-corrected chi connectivity index (χ2v) is 4.15. The molecule has 0 amide bonds. The first-order valence-corrected chi connectivity index (χ1v) is 5.94. The van der Waals surface area contributed by atoms with Gasteiger partial charge in [-0.3, -0.25) is 0 Å². The second kappa shape index (κ2) is 6.13. The minimum absolute atomic E-state index is 0.184.